The fourth-order valence-corrected chi connectivity index (χ4v) is 9.40. The van der Waals surface area contributed by atoms with E-state index < -0.39 is 0 Å². The van der Waals surface area contributed by atoms with E-state index in [2.05, 4.69) is 34.0 Å². The molecule has 0 aliphatic carbocycles. The van der Waals surface area contributed by atoms with Crippen LogP contribution in [-0.2, 0) is 4.79 Å². The summed E-state index contributed by atoms with van der Waals surface area (Å²) in [4.78, 5) is 18.8. The fraction of sp³-hybridized carbons (Fsp3) is 0.449. The van der Waals surface area contributed by atoms with Crippen molar-refractivity contribution >= 4 is 27.7 Å². The number of fused-ring (bicyclic) bond motifs is 2. The third kappa shape index (κ3) is 9.42. The quantitative estimate of drug-likeness (QED) is 0.0885. The summed E-state index contributed by atoms with van der Waals surface area (Å²) < 4.78 is 50.3. The van der Waals surface area contributed by atoms with E-state index in [9.17, 15) is 13.6 Å². The Balaban J connectivity index is 0.739. The first kappa shape index (κ1) is 41.6. The zero-order valence-electron chi connectivity index (χ0n) is 35.2. The van der Waals surface area contributed by atoms with Gasteiger partial charge in [-0.05, 0) is 149 Å². The Bertz CT molecular complexity index is 2250. The number of carbonyl (C=O) groups is 1. The average molecular weight is 819 g/mol. The van der Waals surface area contributed by atoms with Crippen molar-refractivity contribution in [2.24, 2.45) is 0 Å². The van der Waals surface area contributed by atoms with Gasteiger partial charge in [0.25, 0.3) is 0 Å². The maximum absolute atomic E-state index is 13.8. The third-order valence-electron chi connectivity index (χ3n) is 12.9. The number of piperidine rings is 2. The Hall–Kier alpha value is -5.13. The Morgan fingerprint density at radius 3 is 1.47 bits per heavy atom. The lowest BCUT2D eigenvalue weighted by Crippen LogP contribution is -2.34. The van der Waals surface area contributed by atoms with Crippen molar-refractivity contribution < 1.29 is 32.1 Å². The van der Waals surface area contributed by atoms with E-state index in [1.54, 1.807) is 12.1 Å². The number of aromatic nitrogens is 2. The van der Waals surface area contributed by atoms with Gasteiger partial charge in [-0.25, -0.2) is 8.78 Å². The number of Topliss-reactive ketones (excluding diaryl/α,β-unsaturated/α-hetero) is 1. The van der Waals surface area contributed by atoms with E-state index in [-0.39, 0.29) is 29.3 Å². The predicted octanol–water partition coefficient (Wildman–Crippen LogP) is 10.6. The second-order valence-corrected chi connectivity index (χ2v) is 16.9. The lowest BCUT2D eigenvalue weighted by Gasteiger charge is -2.31. The molecule has 2 aromatic heterocycles. The Morgan fingerprint density at radius 2 is 1.07 bits per heavy atom. The molecule has 9 nitrogen and oxygen atoms in total. The van der Waals surface area contributed by atoms with Crippen molar-refractivity contribution in [1.29, 1.82) is 0 Å². The SMILES string of the molecule is Cc1cc(OCCCN2CCC(c3noc4cc(F)ccc34)CC2)ccc1C(C)C(=O)C(C)c1ccc(OCCCN2CCC(c3noc4cc(F)ccc34)CC2)cc1C. The first-order valence-corrected chi connectivity index (χ1v) is 21.7. The average Bonchev–Trinajstić information content (AvgIpc) is 3.87. The molecule has 4 heterocycles. The second kappa shape index (κ2) is 18.6. The van der Waals surface area contributed by atoms with Crippen molar-refractivity contribution in [2.45, 2.75) is 89.9 Å². The van der Waals surface area contributed by atoms with Crippen LogP contribution in [0.1, 0.15) is 110 Å². The number of halogens is 2. The second-order valence-electron chi connectivity index (χ2n) is 16.9. The molecule has 2 aliphatic heterocycles. The van der Waals surface area contributed by atoms with Crippen molar-refractivity contribution in [1.82, 2.24) is 20.1 Å². The Kier molecular flexibility index (Phi) is 12.9. The molecule has 2 saturated heterocycles. The topological polar surface area (TPSA) is 94.1 Å². The van der Waals surface area contributed by atoms with Gasteiger partial charge in [0.05, 0.1) is 24.6 Å². The molecule has 0 radical (unpaired) electrons. The number of carbonyl (C=O) groups excluding carboxylic acids is 1. The lowest BCUT2D eigenvalue weighted by molar-refractivity contribution is -0.121. The van der Waals surface area contributed by atoms with Crippen LogP contribution in [0.5, 0.6) is 11.5 Å². The van der Waals surface area contributed by atoms with Crippen LogP contribution in [0.2, 0.25) is 0 Å². The predicted molar refractivity (Wildman–Crippen MR) is 229 cm³/mol. The molecule has 2 fully saturated rings. The molecule has 0 amide bonds. The zero-order valence-corrected chi connectivity index (χ0v) is 35.2. The van der Waals surface area contributed by atoms with Crippen LogP contribution in [-0.4, -0.2) is 78.4 Å². The van der Waals surface area contributed by atoms with Crippen molar-refractivity contribution in [3.8, 4) is 11.5 Å². The Morgan fingerprint density at radius 1 is 0.650 bits per heavy atom. The number of ketones is 1. The summed E-state index contributed by atoms with van der Waals surface area (Å²) in [5.41, 5.74) is 7.07. The highest BCUT2D eigenvalue weighted by Gasteiger charge is 2.28. The maximum atomic E-state index is 13.8. The number of aryl methyl sites for hydroxylation is 2. The minimum Gasteiger partial charge on any atom is -0.494 e. The minimum atomic E-state index is -0.308. The molecule has 60 heavy (non-hydrogen) atoms. The van der Waals surface area contributed by atoms with Crippen LogP contribution in [0, 0.1) is 25.5 Å². The molecule has 0 spiro atoms. The molecule has 4 aromatic carbocycles. The maximum Gasteiger partial charge on any atom is 0.170 e. The van der Waals surface area contributed by atoms with Crippen molar-refractivity contribution in [3.63, 3.8) is 0 Å². The molecule has 2 aliphatic rings. The first-order chi connectivity index (χ1) is 29.1. The van der Waals surface area contributed by atoms with E-state index >= 15 is 0 Å². The summed E-state index contributed by atoms with van der Waals surface area (Å²) in [5.74, 6) is 1.35. The van der Waals surface area contributed by atoms with Crippen LogP contribution in [0.3, 0.4) is 0 Å². The summed E-state index contributed by atoms with van der Waals surface area (Å²) in [5, 5.41) is 10.4. The van der Waals surface area contributed by atoms with Gasteiger partial charge in [0.15, 0.2) is 11.2 Å². The monoisotopic (exact) mass is 818 g/mol. The molecule has 0 N–H and O–H groups in total. The number of rotatable bonds is 16. The van der Waals surface area contributed by atoms with Gasteiger partial charge in [-0.15, -0.1) is 0 Å². The number of ether oxygens (including phenoxy) is 2. The van der Waals surface area contributed by atoms with E-state index in [1.165, 1.54) is 24.3 Å². The number of hydrogen-bond donors (Lipinski definition) is 0. The molecule has 2 unspecified atom stereocenters. The van der Waals surface area contributed by atoms with Crippen LogP contribution >= 0.6 is 0 Å². The van der Waals surface area contributed by atoms with Crippen LogP contribution in [0.25, 0.3) is 21.9 Å². The highest BCUT2D eigenvalue weighted by atomic mass is 19.1. The molecule has 6 aromatic rings. The van der Waals surface area contributed by atoms with Gasteiger partial charge in [-0.1, -0.05) is 36.3 Å². The summed E-state index contributed by atoms with van der Waals surface area (Å²) in [6, 6.07) is 21.5. The molecule has 0 saturated carbocycles. The van der Waals surface area contributed by atoms with Crippen molar-refractivity contribution in [3.05, 3.63) is 118 Å². The largest absolute Gasteiger partial charge is 0.494 e. The number of nitrogens with zero attached hydrogens (tertiary/aromatic N) is 4. The van der Waals surface area contributed by atoms with Gasteiger partial charge in [-0.3, -0.25) is 4.79 Å². The van der Waals surface area contributed by atoms with E-state index in [0.717, 1.165) is 134 Å². The van der Waals surface area contributed by atoms with Gasteiger partial charge in [0.2, 0.25) is 0 Å². The van der Waals surface area contributed by atoms with Crippen LogP contribution in [0.15, 0.2) is 81.8 Å². The van der Waals surface area contributed by atoms with Gasteiger partial charge >= 0.3 is 0 Å². The smallest absolute Gasteiger partial charge is 0.170 e. The fourth-order valence-electron chi connectivity index (χ4n) is 9.40. The van der Waals surface area contributed by atoms with E-state index in [1.807, 2.05) is 50.2 Å². The summed E-state index contributed by atoms with van der Waals surface area (Å²) >= 11 is 0. The first-order valence-electron chi connectivity index (χ1n) is 21.7. The molecule has 316 valence electrons. The van der Waals surface area contributed by atoms with E-state index in [4.69, 9.17) is 18.5 Å². The Labute approximate surface area is 351 Å². The number of likely N-dealkylation sites (tertiary alicyclic amines) is 2. The summed E-state index contributed by atoms with van der Waals surface area (Å²) in [6.07, 6.45) is 5.82. The molecule has 2 atom stereocenters. The highest BCUT2D eigenvalue weighted by molar-refractivity contribution is 5.91. The zero-order chi connectivity index (χ0) is 41.8. The summed E-state index contributed by atoms with van der Waals surface area (Å²) in [6.45, 7) is 15.2. The number of benzene rings is 4. The van der Waals surface area contributed by atoms with Crippen LogP contribution in [0.4, 0.5) is 8.78 Å². The molecule has 0 bridgehead atoms. The van der Waals surface area contributed by atoms with Gasteiger partial charge in [0.1, 0.15) is 28.9 Å². The molecule has 11 heteroatoms. The molecule has 8 rings (SSSR count). The van der Waals surface area contributed by atoms with Gasteiger partial charge < -0.3 is 28.3 Å². The number of hydrogen-bond acceptors (Lipinski definition) is 9. The summed E-state index contributed by atoms with van der Waals surface area (Å²) in [7, 11) is 0. The van der Waals surface area contributed by atoms with Crippen molar-refractivity contribution in [2.75, 3.05) is 52.5 Å². The lowest BCUT2D eigenvalue weighted by atomic mass is 9.83. The highest BCUT2D eigenvalue weighted by Crippen LogP contribution is 2.35. The van der Waals surface area contributed by atoms with Crippen LogP contribution < -0.4 is 9.47 Å². The molecular weight excluding hydrogens is 763 g/mol. The third-order valence-corrected chi connectivity index (χ3v) is 12.9. The van der Waals surface area contributed by atoms with Gasteiger partial charge in [-0.2, -0.15) is 0 Å². The van der Waals surface area contributed by atoms with E-state index in [0.29, 0.717) is 36.2 Å². The minimum absolute atomic E-state index is 0.187. The van der Waals surface area contributed by atoms with Gasteiger partial charge in [0, 0.05) is 59.7 Å². The standard InChI is InChI=1S/C49H56F2N4O5/c1-31-27-39(57-25-5-19-54-21-15-35(16-22-54)47-43-11-7-37(50)29-45(43)59-52-47)9-13-41(31)33(3)49(56)34(4)42-14-10-40(28-32(42)2)58-26-6-20-55-23-17-36(18-24-55)48-44-12-8-38(51)30-46(44)60-53-48/h7-14,27-30,33-36H,5-6,15-26H2,1-4H3. The normalized spacial score (nSPS) is 17.0. The molecular formula is C49H56F2N4O5.